The minimum Gasteiger partial charge on any atom is -0.455 e. The van der Waals surface area contributed by atoms with Gasteiger partial charge in [-0.1, -0.05) is 22.9 Å². The average molecular weight is 321 g/mol. The number of nitrogens with zero attached hydrogens (tertiary/aromatic N) is 1. The van der Waals surface area contributed by atoms with Crippen LogP contribution >= 0.6 is 15.9 Å². The molecule has 1 aromatic carbocycles. The average Bonchev–Trinajstić information content (AvgIpc) is 2.43. The first kappa shape index (κ1) is 14.0. The Bertz CT molecular complexity index is 517. The molecule has 0 saturated carbocycles. The molecule has 0 saturated heterocycles. The van der Waals surface area contributed by atoms with Crippen LogP contribution in [0.15, 0.2) is 47.2 Å². The molecule has 0 atom stereocenters. The van der Waals surface area contributed by atoms with E-state index in [-0.39, 0.29) is 0 Å². The Labute approximate surface area is 122 Å². The summed E-state index contributed by atoms with van der Waals surface area (Å²) in [4.78, 5) is 4.05. The second-order valence-corrected chi connectivity index (χ2v) is 5.14. The topological polar surface area (TPSA) is 34.1 Å². The number of halogens is 1. The molecule has 3 nitrogen and oxygen atoms in total. The van der Waals surface area contributed by atoms with Gasteiger partial charge in [0.05, 0.1) is 6.20 Å². The molecule has 0 fully saturated rings. The maximum Gasteiger partial charge on any atom is 0.145 e. The quantitative estimate of drug-likeness (QED) is 0.812. The van der Waals surface area contributed by atoms with Crippen LogP contribution in [0.25, 0.3) is 0 Å². The van der Waals surface area contributed by atoms with E-state index in [0.29, 0.717) is 0 Å². The Balaban J connectivity index is 2.14. The van der Waals surface area contributed by atoms with Gasteiger partial charge >= 0.3 is 0 Å². The molecule has 0 radical (unpaired) electrons. The van der Waals surface area contributed by atoms with E-state index in [9.17, 15) is 0 Å². The minimum atomic E-state index is 0.751. The van der Waals surface area contributed by atoms with Crippen molar-refractivity contribution in [2.24, 2.45) is 0 Å². The predicted octanol–water partition coefficient (Wildman–Crippen LogP) is 4.14. The lowest BCUT2D eigenvalue weighted by molar-refractivity contribution is 0.470. The highest BCUT2D eigenvalue weighted by Gasteiger charge is 2.05. The molecule has 1 aromatic heterocycles. The summed E-state index contributed by atoms with van der Waals surface area (Å²) in [6.45, 7) is 3.95. The number of ether oxygens (including phenoxy) is 1. The van der Waals surface area contributed by atoms with Crippen LogP contribution in [-0.2, 0) is 6.54 Å². The van der Waals surface area contributed by atoms with Crippen LogP contribution in [-0.4, -0.2) is 11.5 Å². The Hall–Kier alpha value is -1.39. The van der Waals surface area contributed by atoms with Crippen LogP contribution in [0.4, 0.5) is 0 Å². The van der Waals surface area contributed by atoms with Crippen LogP contribution in [0.2, 0.25) is 0 Å². The maximum atomic E-state index is 5.87. The first-order chi connectivity index (χ1) is 9.29. The summed E-state index contributed by atoms with van der Waals surface area (Å²) in [7, 11) is 0. The maximum absolute atomic E-state index is 5.87. The van der Waals surface area contributed by atoms with E-state index in [1.807, 2.05) is 24.3 Å². The van der Waals surface area contributed by atoms with E-state index in [0.717, 1.165) is 41.0 Å². The molecule has 19 heavy (non-hydrogen) atoms. The second-order valence-electron chi connectivity index (χ2n) is 4.22. The molecule has 0 aliphatic carbocycles. The van der Waals surface area contributed by atoms with Gasteiger partial charge in [0.25, 0.3) is 0 Å². The summed E-state index contributed by atoms with van der Waals surface area (Å²) in [5.41, 5.74) is 1.13. The van der Waals surface area contributed by atoms with Crippen molar-refractivity contribution in [1.82, 2.24) is 10.3 Å². The molecule has 1 heterocycles. The first-order valence-electron chi connectivity index (χ1n) is 6.36. The summed E-state index contributed by atoms with van der Waals surface area (Å²) in [5.74, 6) is 1.61. The highest BCUT2D eigenvalue weighted by molar-refractivity contribution is 9.10. The van der Waals surface area contributed by atoms with Crippen LogP contribution in [0.5, 0.6) is 11.5 Å². The molecule has 2 aromatic rings. The Morgan fingerprint density at radius 3 is 2.95 bits per heavy atom. The van der Waals surface area contributed by atoms with Crippen LogP contribution in [0.3, 0.4) is 0 Å². The van der Waals surface area contributed by atoms with Crippen molar-refractivity contribution in [1.29, 1.82) is 0 Å². The van der Waals surface area contributed by atoms with Gasteiger partial charge in [-0.25, -0.2) is 0 Å². The lowest BCUT2D eigenvalue weighted by atomic mass is 10.2. The number of hydrogen-bond donors (Lipinski definition) is 1. The molecular formula is C15H17BrN2O. The smallest absolute Gasteiger partial charge is 0.145 e. The molecule has 0 unspecified atom stereocenters. The SMILES string of the molecule is CCCNCc1cc(Br)ccc1Oc1cccnc1. The standard InChI is InChI=1S/C15H17BrN2O/c1-2-7-17-10-12-9-13(16)5-6-15(12)19-14-4-3-8-18-11-14/h3-6,8-9,11,17H,2,7,10H2,1H3. The minimum absolute atomic E-state index is 0.751. The summed E-state index contributed by atoms with van der Waals surface area (Å²) in [6, 6.07) is 9.80. The van der Waals surface area contributed by atoms with E-state index < -0.39 is 0 Å². The van der Waals surface area contributed by atoms with Crippen LogP contribution in [0, 0.1) is 0 Å². The van der Waals surface area contributed by atoms with Gasteiger partial charge in [0.15, 0.2) is 0 Å². The molecule has 0 bridgehead atoms. The van der Waals surface area contributed by atoms with Gasteiger partial charge in [0.2, 0.25) is 0 Å². The highest BCUT2D eigenvalue weighted by Crippen LogP contribution is 2.27. The third kappa shape index (κ3) is 4.33. The molecule has 0 aliphatic rings. The number of rotatable bonds is 6. The van der Waals surface area contributed by atoms with Crippen LogP contribution in [0.1, 0.15) is 18.9 Å². The third-order valence-electron chi connectivity index (χ3n) is 2.63. The summed E-state index contributed by atoms with van der Waals surface area (Å²) >= 11 is 3.50. The van der Waals surface area contributed by atoms with Gasteiger partial charge in [0.1, 0.15) is 11.5 Å². The summed E-state index contributed by atoms with van der Waals surface area (Å²) < 4.78 is 6.93. The van der Waals surface area contributed by atoms with Crippen molar-refractivity contribution in [3.8, 4) is 11.5 Å². The second kappa shape index (κ2) is 7.26. The van der Waals surface area contributed by atoms with Gasteiger partial charge in [-0.05, 0) is 43.3 Å². The molecule has 0 spiro atoms. The zero-order valence-electron chi connectivity index (χ0n) is 10.9. The zero-order chi connectivity index (χ0) is 13.5. The van der Waals surface area contributed by atoms with Gasteiger partial charge in [-0.15, -0.1) is 0 Å². The fourth-order valence-electron chi connectivity index (χ4n) is 1.72. The van der Waals surface area contributed by atoms with E-state index in [1.54, 1.807) is 12.4 Å². The van der Waals surface area contributed by atoms with E-state index >= 15 is 0 Å². The van der Waals surface area contributed by atoms with E-state index in [4.69, 9.17) is 4.74 Å². The van der Waals surface area contributed by atoms with Crippen molar-refractivity contribution < 1.29 is 4.74 Å². The van der Waals surface area contributed by atoms with Gasteiger partial charge in [0, 0.05) is 22.8 Å². The third-order valence-corrected chi connectivity index (χ3v) is 3.12. The zero-order valence-corrected chi connectivity index (χ0v) is 12.5. The highest BCUT2D eigenvalue weighted by atomic mass is 79.9. The summed E-state index contributed by atoms with van der Waals surface area (Å²) in [6.07, 6.45) is 4.57. The van der Waals surface area contributed by atoms with Crippen molar-refractivity contribution >= 4 is 15.9 Å². The Morgan fingerprint density at radius 1 is 1.32 bits per heavy atom. The molecule has 100 valence electrons. The number of nitrogens with one attached hydrogen (secondary N) is 1. The van der Waals surface area contributed by atoms with Gasteiger partial charge in [-0.3, -0.25) is 4.98 Å². The Morgan fingerprint density at radius 2 is 2.21 bits per heavy atom. The lowest BCUT2D eigenvalue weighted by Crippen LogP contribution is -2.14. The number of benzene rings is 1. The monoisotopic (exact) mass is 320 g/mol. The predicted molar refractivity (Wildman–Crippen MR) is 80.5 cm³/mol. The first-order valence-corrected chi connectivity index (χ1v) is 7.16. The van der Waals surface area contributed by atoms with Crippen molar-refractivity contribution in [3.05, 3.63) is 52.8 Å². The van der Waals surface area contributed by atoms with Crippen molar-refractivity contribution in [2.75, 3.05) is 6.54 Å². The molecule has 2 rings (SSSR count). The Kier molecular flexibility index (Phi) is 5.36. The fraction of sp³-hybridized carbons (Fsp3) is 0.267. The number of pyridine rings is 1. The summed E-state index contributed by atoms with van der Waals surface area (Å²) in [5, 5.41) is 3.39. The van der Waals surface area contributed by atoms with Crippen molar-refractivity contribution in [2.45, 2.75) is 19.9 Å². The van der Waals surface area contributed by atoms with Gasteiger partial charge < -0.3 is 10.1 Å². The molecule has 1 N–H and O–H groups in total. The molecule has 4 heteroatoms. The van der Waals surface area contributed by atoms with E-state index in [2.05, 4.69) is 39.2 Å². The van der Waals surface area contributed by atoms with Crippen LogP contribution < -0.4 is 10.1 Å². The largest absolute Gasteiger partial charge is 0.455 e. The fourth-order valence-corrected chi connectivity index (χ4v) is 2.13. The number of hydrogen-bond acceptors (Lipinski definition) is 3. The molecular weight excluding hydrogens is 304 g/mol. The van der Waals surface area contributed by atoms with Gasteiger partial charge in [-0.2, -0.15) is 0 Å². The molecule has 0 amide bonds. The number of aromatic nitrogens is 1. The lowest BCUT2D eigenvalue weighted by Gasteiger charge is -2.12. The molecule has 0 aliphatic heterocycles. The normalized spacial score (nSPS) is 10.4. The van der Waals surface area contributed by atoms with Crippen molar-refractivity contribution in [3.63, 3.8) is 0 Å². The van der Waals surface area contributed by atoms with E-state index in [1.165, 1.54) is 0 Å².